The van der Waals surface area contributed by atoms with E-state index in [1.165, 1.54) is 0 Å². The van der Waals surface area contributed by atoms with E-state index in [4.69, 9.17) is 33.7 Å². The highest BCUT2D eigenvalue weighted by atomic mass is 35.5. The van der Waals surface area contributed by atoms with Crippen molar-refractivity contribution >= 4 is 23.2 Å². The van der Waals surface area contributed by atoms with Gasteiger partial charge in [-0.1, -0.05) is 54.3 Å². The number of hydrogen-bond acceptors (Lipinski definition) is 5. The smallest absolute Gasteiger partial charge is 0.146 e. The maximum Gasteiger partial charge on any atom is 0.146 e. The zero-order valence-corrected chi connectivity index (χ0v) is 17.7. The van der Waals surface area contributed by atoms with Gasteiger partial charge in [0, 0.05) is 37.4 Å². The van der Waals surface area contributed by atoms with Gasteiger partial charge < -0.3 is 20.9 Å². The van der Waals surface area contributed by atoms with Crippen molar-refractivity contribution in [3.63, 3.8) is 0 Å². The molecule has 5 nitrogen and oxygen atoms in total. The number of nitrogens with one attached hydrogen (secondary N) is 1. The van der Waals surface area contributed by atoms with Gasteiger partial charge in [-0.05, 0) is 37.6 Å². The Balaban J connectivity index is 1.41. The van der Waals surface area contributed by atoms with Crippen molar-refractivity contribution < 1.29 is 9.84 Å². The third-order valence-electron chi connectivity index (χ3n) is 4.68. The highest BCUT2D eigenvalue weighted by molar-refractivity contribution is 6.40. The van der Waals surface area contributed by atoms with E-state index < -0.39 is 11.1 Å². The fourth-order valence-corrected chi connectivity index (χ4v) is 3.29. The first kappa shape index (κ1) is 23.3. The van der Waals surface area contributed by atoms with Crippen LogP contribution in [0.5, 0.6) is 0 Å². The molecule has 1 aliphatic carbocycles. The molecule has 3 unspecified atom stereocenters. The number of alkyl halides is 1. The summed E-state index contributed by atoms with van der Waals surface area (Å²) in [6.45, 7) is 2.90. The summed E-state index contributed by atoms with van der Waals surface area (Å²) in [6, 6.07) is 5.94. The van der Waals surface area contributed by atoms with Crippen LogP contribution in [-0.4, -0.2) is 47.5 Å². The van der Waals surface area contributed by atoms with E-state index in [0.717, 1.165) is 57.6 Å². The normalized spacial score (nSPS) is 22.9. The fourth-order valence-electron chi connectivity index (χ4n) is 2.94. The summed E-state index contributed by atoms with van der Waals surface area (Å²) in [5.74, 6) is -0.168. The van der Waals surface area contributed by atoms with Crippen molar-refractivity contribution in [1.82, 2.24) is 10.3 Å². The van der Waals surface area contributed by atoms with Crippen LogP contribution in [0.25, 0.3) is 0 Å². The maximum atomic E-state index is 10.2. The Kier molecular flexibility index (Phi) is 10.5. The predicted molar refractivity (Wildman–Crippen MR) is 115 cm³/mol. The van der Waals surface area contributed by atoms with Crippen LogP contribution in [0.4, 0.5) is 0 Å². The van der Waals surface area contributed by atoms with Gasteiger partial charge in [0.15, 0.2) is 0 Å². The SMILES string of the molecule is NC1(Cl)C=CC(C(O)CNCCCCCCOCCc2ccccn2)C=C1Cl. The first-order valence-electron chi connectivity index (χ1n) is 9.90. The standard InChI is InChI=1S/C21H31Cl2N3O2/c22-20-15-17(8-10-21(20,23)24)19(27)16-25-11-4-1-2-6-13-28-14-9-18-7-3-5-12-26-18/h3,5,7-8,10,12,15,17,19,25,27H,1-2,4,6,9,11,13-14,16,24H2. The lowest BCUT2D eigenvalue weighted by Gasteiger charge is -2.26. The van der Waals surface area contributed by atoms with Gasteiger partial charge in [-0.2, -0.15) is 0 Å². The minimum absolute atomic E-state index is 0.168. The van der Waals surface area contributed by atoms with E-state index in [1.54, 1.807) is 18.2 Å². The Morgan fingerprint density at radius 1 is 1.25 bits per heavy atom. The zero-order chi connectivity index (χ0) is 20.2. The van der Waals surface area contributed by atoms with Crippen molar-refractivity contribution in [2.45, 2.75) is 43.2 Å². The van der Waals surface area contributed by atoms with Crippen LogP contribution >= 0.6 is 23.2 Å². The summed E-state index contributed by atoms with van der Waals surface area (Å²) < 4.78 is 5.66. The number of aliphatic hydroxyl groups excluding tert-OH is 1. The Morgan fingerprint density at radius 2 is 2.07 bits per heavy atom. The molecule has 2 rings (SSSR count). The number of halogens is 2. The molecular formula is C21H31Cl2N3O2. The Morgan fingerprint density at radius 3 is 2.82 bits per heavy atom. The van der Waals surface area contributed by atoms with E-state index in [0.29, 0.717) is 11.6 Å². The van der Waals surface area contributed by atoms with E-state index in [-0.39, 0.29) is 5.92 Å². The molecule has 1 aromatic heterocycles. The molecule has 0 amide bonds. The molecule has 0 spiro atoms. The molecular weight excluding hydrogens is 397 g/mol. The molecule has 7 heteroatoms. The minimum atomic E-state index is -1.15. The van der Waals surface area contributed by atoms with E-state index in [9.17, 15) is 5.11 Å². The predicted octanol–water partition coefficient (Wildman–Crippen LogP) is 3.35. The molecule has 3 atom stereocenters. The molecule has 0 aromatic carbocycles. The Bertz CT molecular complexity index is 623. The van der Waals surface area contributed by atoms with Gasteiger partial charge in [-0.25, -0.2) is 0 Å². The number of nitrogens with two attached hydrogens (primary N) is 1. The molecule has 28 heavy (non-hydrogen) atoms. The summed E-state index contributed by atoms with van der Waals surface area (Å²) >= 11 is 12.1. The van der Waals surface area contributed by atoms with Crippen LogP contribution in [0.3, 0.4) is 0 Å². The second-order valence-corrected chi connectivity index (χ2v) is 8.12. The molecule has 0 aliphatic heterocycles. The first-order chi connectivity index (χ1) is 13.5. The lowest BCUT2D eigenvalue weighted by molar-refractivity contribution is 0.132. The zero-order valence-electron chi connectivity index (χ0n) is 16.2. The third kappa shape index (κ3) is 8.60. The van der Waals surface area contributed by atoms with Gasteiger partial charge in [0.25, 0.3) is 0 Å². The summed E-state index contributed by atoms with van der Waals surface area (Å²) in [5.41, 5.74) is 6.86. The molecule has 0 saturated heterocycles. The summed E-state index contributed by atoms with van der Waals surface area (Å²) in [4.78, 5) is 3.13. The van der Waals surface area contributed by atoms with Crippen molar-refractivity contribution in [3.05, 3.63) is 53.4 Å². The molecule has 1 aliphatic rings. The summed E-state index contributed by atoms with van der Waals surface area (Å²) in [7, 11) is 0. The summed E-state index contributed by atoms with van der Waals surface area (Å²) in [6.07, 6.45) is 11.7. The van der Waals surface area contributed by atoms with Gasteiger partial charge in [0.1, 0.15) is 5.00 Å². The number of ether oxygens (including phenoxy) is 1. The lowest BCUT2D eigenvalue weighted by Crippen LogP contribution is -2.37. The van der Waals surface area contributed by atoms with Gasteiger partial charge in [-0.15, -0.1) is 0 Å². The second kappa shape index (κ2) is 12.6. The molecule has 0 saturated carbocycles. The maximum absolute atomic E-state index is 10.2. The number of nitrogens with zero attached hydrogens (tertiary/aromatic N) is 1. The van der Waals surface area contributed by atoms with Gasteiger partial charge in [0.05, 0.1) is 17.7 Å². The van der Waals surface area contributed by atoms with Crippen LogP contribution in [0.1, 0.15) is 31.4 Å². The fraction of sp³-hybridized carbons (Fsp3) is 0.571. The highest BCUT2D eigenvalue weighted by Crippen LogP contribution is 2.31. The van der Waals surface area contributed by atoms with Crippen molar-refractivity contribution in [2.75, 3.05) is 26.3 Å². The van der Waals surface area contributed by atoms with Crippen LogP contribution < -0.4 is 11.1 Å². The number of unbranched alkanes of at least 4 members (excludes halogenated alkanes) is 3. The summed E-state index contributed by atoms with van der Waals surface area (Å²) in [5, 5.41) is 13.9. The average molecular weight is 428 g/mol. The van der Waals surface area contributed by atoms with E-state index >= 15 is 0 Å². The van der Waals surface area contributed by atoms with Crippen molar-refractivity contribution in [1.29, 1.82) is 0 Å². The molecule has 4 N–H and O–H groups in total. The van der Waals surface area contributed by atoms with Gasteiger partial charge in [-0.3, -0.25) is 4.98 Å². The molecule has 1 heterocycles. The number of aliphatic hydroxyl groups is 1. The van der Waals surface area contributed by atoms with E-state index in [2.05, 4.69) is 10.3 Å². The van der Waals surface area contributed by atoms with Crippen molar-refractivity contribution in [3.8, 4) is 0 Å². The first-order valence-corrected chi connectivity index (χ1v) is 10.7. The van der Waals surface area contributed by atoms with E-state index in [1.807, 2.05) is 24.4 Å². The number of hydrogen-bond donors (Lipinski definition) is 3. The van der Waals surface area contributed by atoms with Crippen LogP contribution in [0, 0.1) is 5.92 Å². The second-order valence-electron chi connectivity index (χ2n) is 7.09. The molecule has 1 aromatic rings. The van der Waals surface area contributed by atoms with Crippen LogP contribution in [0.15, 0.2) is 47.7 Å². The van der Waals surface area contributed by atoms with Crippen LogP contribution in [-0.2, 0) is 11.2 Å². The average Bonchev–Trinajstić information content (AvgIpc) is 2.69. The minimum Gasteiger partial charge on any atom is -0.391 e. The highest BCUT2D eigenvalue weighted by Gasteiger charge is 2.29. The molecule has 0 fully saturated rings. The largest absolute Gasteiger partial charge is 0.391 e. The topological polar surface area (TPSA) is 80.4 Å². The lowest BCUT2D eigenvalue weighted by atomic mass is 9.95. The number of rotatable bonds is 13. The molecule has 0 radical (unpaired) electrons. The van der Waals surface area contributed by atoms with Gasteiger partial charge in [0.2, 0.25) is 0 Å². The molecule has 156 valence electrons. The van der Waals surface area contributed by atoms with Gasteiger partial charge >= 0.3 is 0 Å². The number of pyridine rings is 1. The monoisotopic (exact) mass is 427 g/mol. The third-order valence-corrected chi connectivity index (χ3v) is 5.55. The quantitative estimate of drug-likeness (QED) is 0.194. The Labute approximate surface area is 178 Å². The van der Waals surface area contributed by atoms with Crippen molar-refractivity contribution in [2.24, 2.45) is 11.7 Å². The van der Waals surface area contributed by atoms with Crippen LogP contribution in [0.2, 0.25) is 0 Å². The Hall–Kier alpha value is -0.950. The molecule has 0 bridgehead atoms. The number of aromatic nitrogens is 1.